The van der Waals surface area contributed by atoms with Crippen LogP contribution in [0.5, 0.6) is 0 Å². The van der Waals surface area contributed by atoms with E-state index >= 15 is 0 Å². The van der Waals surface area contributed by atoms with E-state index in [1.807, 2.05) is 0 Å². The SMILES string of the molecule is CC1CCC2(C)CCC1/C2=N/O. The molecule has 2 bridgehead atoms. The molecule has 2 saturated carbocycles. The maximum atomic E-state index is 8.94. The van der Waals surface area contributed by atoms with E-state index in [4.69, 9.17) is 5.21 Å². The molecule has 0 radical (unpaired) electrons. The van der Waals surface area contributed by atoms with Crippen molar-refractivity contribution >= 4 is 5.71 Å². The van der Waals surface area contributed by atoms with Gasteiger partial charge in [-0.15, -0.1) is 0 Å². The average molecular weight is 167 g/mol. The van der Waals surface area contributed by atoms with Crippen LogP contribution < -0.4 is 0 Å². The molecule has 0 spiro atoms. The average Bonchev–Trinajstić information content (AvgIpc) is 2.31. The first kappa shape index (κ1) is 8.09. The van der Waals surface area contributed by atoms with E-state index in [-0.39, 0.29) is 5.41 Å². The summed E-state index contributed by atoms with van der Waals surface area (Å²) in [6.07, 6.45) is 4.97. The summed E-state index contributed by atoms with van der Waals surface area (Å²) in [5, 5.41) is 12.5. The lowest BCUT2D eigenvalue weighted by Crippen LogP contribution is -2.34. The largest absolute Gasteiger partial charge is 0.411 e. The van der Waals surface area contributed by atoms with Gasteiger partial charge in [0.15, 0.2) is 0 Å². The number of hydrogen-bond acceptors (Lipinski definition) is 2. The second-order valence-corrected chi connectivity index (χ2v) is 4.71. The van der Waals surface area contributed by atoms with Gasteiger partial charge >= 0.3 is 0 Å². The summed E-state index contributed by atoms with van der Waals surface area (Å²) < 4.78 is 0. The Balaban J connectivity index is 2.33. The van der Waals surface area contributed by atoms with Crippen LogP contribution >= 0.6 is 0 Å². The molecule has 0 aromatic rings. The maximum absolute atomic E-state index is 8.94. The van der Waals surface area contributed by atoms with Gasteiger partial charge in [-0.2, -0.15) is 0 Å². The first-order chi connectivity index (χ1) is 5.67. The van der Waals surface area contributed by atoms with E-state index in [0.29, 0.717) is 5.92 Å². The lowest BCUT2D eigenvalue weighted by Gasteiger charge is -2.33. The number of fused-ring (bicyclic) bond motifs is 2. The van der Waals surface area contributed by atoms with Gasteiger partial charge in [0, 0.05) is 11.3 Å². The zero-order valence-electron chi connectivity index (χ0n) is 7.88. The second kappa shape index (κ2) is 2.48. The van der Waals surface area contributed by atoms with Gasteiger partial charge in [-0.3, -0.25) is 0 Å². The molecule has 2 rings (SSSR count). The molecule has 68 valence electrons. The van der Waals surface area contributed by atoms with Gasteiger partial charge in [0.05, 0.1) is 5.71 Å². The van der Waals surface area contributed by atoms with E-state index in [9.17, 15) is 0 Å². The monoisotopic (exact) mass is 167 g/mol. The topological polar surface area (TPSA) is 32.6 Å². The molecule has 12 heavy (non-hydrogen) atoms. The standard InChI is InChI=1S/C10H17NO/c1-7-3-5-10(2)6-4-8(7)9(10)11-12/h7-8,12H,3-6H2,1-2H3/b11-9-. The fourth-order valence-corrected chi connectivity index (χ4v) is 2.94. The van der Waals surface area contributed by atoms with Crippen molar-refractivity contribution in [3.05, 3.63) is 0 Å². The molecule has 2 heteroatoms. The lowest BCUT2D eigenvalue weighted by atomic mass is 9.71. The quantitative estimate of drug-likeness (QED) is 0.436. The van der Waals surface area contributed by atoms with Crippen LogP contribution in [-0.2, 0) is 0 Å². The van der Waals surface area contributed by atoms with Crippen molar-refractivity contribution in [2.75, 3.05) is 0 Å². The Morgan fingerprint density at radius 1 is 1.42 bits per heavy atom. The van der Waals surface area contributed by atoms with Gasteiger partial charge in [-0.25, -0.2) is 0 Å². The van der Waals surface area contributed by atoms with Crippen molar-refractivity contribution in [3.8, 4) is 0 Å². The third kappa shape index (κ3) is 0.900. The summed E-state index contributed by atoms with van der Waals surface area (Å²) in [5.74, 6) is 1.31. The van der Waals surface area contributed by atoms with E-state index in [1.165, 1.54) is 25.7 Å². The van der Waals surface area contributed by atoms with Crippen LogP contribution in [0.2, 0.25) is 0 Å². The number of hydrogen-bond donors (Lipinski definition) is 1. The van der Waals surface area contributed by atoms with E-state index in [1.54, 1.807) is 0 Å². The molecule has 0 amide bonds. The third-order valence-corrected chi connectivity index (χ3v) is 3.92. The highest BCUT2D eigenvalue weighted by atomic mass is 16.4. The minimum atomic E-state index is 0.242. The molecule has 2 aliphatic carbocycles. The van der Waals surface area contributed by atoms with Crippen molar-refractivity contribution < 1.29 is 5.21 Å². The predicted molar refractivity (Wildman–Crippen MR) is 48.5 cm³/mol. The fourth-order valence-electron chi connectivity index (χ4n) is 2.94. The minimum Gasteiger partial charge on any atom is -0.411 e. The summed E-state index contributed by atoms with van der Waals surface area (Å²) in [5.41, 5.74) is 1.33. The molecule has 3 unspecified atom stereocenters. The van der Waals surface area contributed by atoms with Gasteiger partial charge in [0.1, 0.15) is 0 Å². The van der Waals surface area contributed by atoms with Crippen molar-refractivity contribution in [2.24, 2.45) is 22.4 Å². The Bertz CT molecular complexity index is 224. The lowest BCUT2D eigenvalue weighted by molar-refractivity contribution is 0.279. The van der Waals surface area contributed by atoms with Gasteiger partial charge < -0.3 is 5.21 Å². The fraction of sp³-hybridized carbons (Fsp3) is 0.900. The van der Waals surface area contributed by atoms with Crippen LogP contribution in [-0.4, -0.2) is 10.9 Å². The molecule has 1 N–H and O–H groups in total. The Morgan fingerprint density at radius 3 is 2.67 bits per heavy atom. The van der Waals surface area contributed by atoms with E-state index < -0.39 is 0 Å². The predicted octanol–water partition coefficient (Wildman–Crippen LogP) is 2.66. The molecule has 2 aliphatic rings. The van der Waals surface area contributed by atoms with Crippen molar-refractivity contribution in [2.45, 2.75) is 39.5 Å². The Kier molecular flexibility index (Phi) is 1.67. The zero-order valence-corrected chi connectivity index (χ0v) is 7.88. The van der Waals surface area contributed by atoms with Gasteiger partial charge in [0.2, 0.25) is 0 Å². The van der Waals surface area contributed by atoms with E-state index in [0.717, 1.165) is 11.6 Å². The maximum Gasteiger partial charge on any atom is 0.0663 e. The smallest absolute Gasteiger partial charge is 0.0663 e. The van der Waals surface area contributed by atoms with Crippen LogP contribution in [0, 0.1) is 17.3 Å². The van der Waals surface area contributed by atoms with Crippen molar-refractivity contribution in [3.63, 3.8) is 0 Å². The Morgan fingerprint density at radius 2 is 2.08 bits per heavy atom. The number of rotatable bonds is 0. The van der Waals surface area contributed by atoms with Crippen molar-refractivity contribution in [1.29, 1.82) is 0 Å². The first-order valence-electron chi connectivity index (χ1n) is 4.90. The highest BCUT2D eigenvalue weighted by molar-refractivity contribution is 5.94. The van der Waals surface area contributed by atoms with Crippen LogP contribution in [0.1, 0.15) is 39.5 Å². The highest BCUT2D eigenvalue weighted by Crippen LogP contribution is 2.51. The number of oxime groups is 1. The van der Waals surface area contributed by atoms with Crippen molar-refractivity contribution in [1.82, 2.24) is 0 Å². The van der Waals surface area contributed by atoms with Crippen LogP contribution in [0.3, 0.4) is 0 Å². The molecule has 0 heterocycles. The molecule has 2 nitrogen and oxygen atoms in total. The molecule has 0 aromatic heterocycles. The highest BCUT2D eigenvalue weighted by Gasteiger charge is 2.47. The molecular formula is C10H17NO. The van der Waals surface area contributed by atoms with Gasteiger partial charge in [0.25, 0.3) is 0 Å². The minimum absolute atomic E-state index is 0.242. The summed E-state index contributed by atoms with van der Waals surface area (Å²) in [7, 11) is 0. The summed E-state index contributed by atoms with van der Waals surface area (Å²) in [4.78, 5) is 0. The molecule has 3 atom stereocenters. The zero-order chi connectivity index (χ0) is 8.77. The normalized spacial score (nSPS) is 50.0. The van der Waals surface area contributed by atoms with Gasteiger partial charge in [-0.1, -0.05) is 19.0 Å². The van der Waals surface area contributed by atoms with Crippen LogP contribution in [0.4, 0.5) is 0 Å². The molecule has 2 fully saturated rings. The summed E-state index contributed by atoms with van der Waals surface area (Å²) >= 11 is 0. The molecule has 0 aliphatic heterocycles. The summed E-state index contributed by atoms with van der Waals surface area (Å²) in [6.45, 7) is 4.52. The molecule has 0 aromatic carbocycles. The number of nitrogens with zero attached hydrogens (tertiary/aromatic N) is 1. The molecule has 0 saturated heterocycles. The molecular weight excluding hydrogens is 150 g/mol. The van der Waals surface area contributed by atoms with Crippen LogP contribution in [0.25, 0.3) is 0 Å². The summed E-state index contributed by atoms with van der Waals surface area (Å²) in [6, 6.07) is 0. The third-order valence-electron chi connectivity index (χ3n) is 3.92. The Hall–Kier alpha value is -0.530. The Labute approximate surface area is 73.7 Å². The first-order valence-corrected chi connectivity index (χ1v) is 4.90. The van der Waals surface area contributed by atoms with Gasteiger partial charge in [-0.05, 0) is 31.6 Å². The second-order valence-electron chi connectivity index (χ2n) is 4.71. The van der Waals surface area contributed by atoms with E-state index in [2.05, 4.69) is 19.0 Å². The van der Waals surface area contributed by atoms with Crippen LogP contribution in [0.15, 0.2) is 5.16 Å².